The molecule has 6 heteroatoms. The molecule has 1 aliphatic rings. The summed E-state index contributed by atoms with van der Waals surface area (Å²) < 4.78 is 0. The molecular weight excluding hydrogens is 292 g/mol. The van der Waals surface area contributed by atoms with Crippen LogP contribution in [-0.2, 0) is 0 Å². The zero-order valence-electron chi connectivity index (χ0n) is 14.5. The van der Waals surface area contributed by atoms with Crippen LogP contribution in [-0.4, -0.2) is 66.3 Å². The van der Waals surface area contributed by atoms with E-state index in [1.807, 2.05) is 19.9 Å². The smallest absolute Gasteiger partial charge is 0.251 e. The third-order valence-electron chi connectivity index (χ3n) is 4.69. The summed E-state index contributed by atoms with van der Waals surface area (Å²) in [7, 11) is 2.11. The number of aliphatic hydroxyl groups is 1. The Labute approximate surface area is 138 Å². The Hall–Kier alpha value is -1.66. The number of hydrogen-bond acceptors (Lipinski definition) is 5. The molecule has 2 heterocycles. The Morgan fingerprint density at radius 3 is 2.65 bits per heavy atom. The average molecular weight is 320 g/mol. The summed E-state index contributed by atoms with van der Waals surface area (Å²) in [5, 5.41) is 13.0. The van der Waals surface area contributed by atoms with Crippen LogP contribution in [0.5, 0.6) is 0 Å². The van der Waals surface area contributed by atoms with Crippen LogP contribution in [0.4, 0.5) is 5.82 Å². The van der Waals surface area contributed by atoms with Gasteiger partial charge >= 0.3 is 0 Å². The quantitative estimate of drug-likeness (QED) is 0.846. The van der Waals surface area contributed by atoms with Gasteiger partial charge in [-0.1, -0.05) is 13.8 Å². The molecule has 1 aliphatic heterocycles. The van der Waals surface area contributed by atoms with Crippen molar-refractivity contribution < 1.29 is 9.90 Å². The number of carbonyl (C=O) groups excluding carboxylic acids is 1. The van der Waals surface area contributed by atoms with Crippen LogP contribution in [0.2, 0.25) is 0 Å². The van der Waals surface area contributed by atoms with E-state index in [4.69, 9.17) is 0 Å². The highest BCUT2D eigenvalue weighted by molar-refractivity contribution is 5.94. The third-order valence-corrected chi connectivity index (χ3v) is 4.69. The lowest BCUT2D eigenvalue weighted by Gasteiger charge is -2.33. The minimum atomic E-state index is -0.914. The van der Waals surface area contributed by atoms with E-state index in [1.165, 1.54) is 0 Å². The van der Waals surface area contributed by atoms with E-state index >= 15 is 0 Å². The zero-order chi connectivity index (χ0) is 17.0. The number of nitrogens with one attached hydrogen (secondary N) is 1. The second-order valence-corrected chi connectivity index (χ2v) is 6.89. The van der Waals surface area contributed by atoms with Gasteiger partial charge in [-0.2, -0.15) is 0 Å². The van der Waals surface area contributed by atoms with Crippen molar-refractivity contribution >= 4 is 11.7 Å². The van der Waals surface area contributed by atoms with Crippen molar-refractivity contribution in [3.8, 4) is 0 Å². The summed E-state index contributed by atoms with van der Waals surface area (Å²) in [5.41, 5.74) is -0.336. The van der Waals surface area contributed by atoms with E-state index in [0.29, 0.717) is 5.56 Å². The second-order valence-electron chi connectivity index (χ2n) is 6.89. The van der Waals surface area contributed by atoms with Crippen molar-refractivity contribution in [2.75, 3.05) is 44.7 Å². The van der Waals surface area contributed by atoms with Crippen LogP contribution in [0.1, 0.15) is 31.1 Å². The number of carbonyl (C=O) groups is 1. The average Bonchev–Trinajstić information content (AvgIpc) is 2.53. The molecular formula is C17H28N4O2. The monoisotopic (exact) mass is 320 g/mol. The number of pyridine rings is 1. The van der Waals surface area contributed by atoms with Gasteiger partial charge in [0.05, 0.1) is 5.60 Å². The number of piperazine rings is 1. The Kier molecular flexibility index (Phi) is 5.59. The molecule has 2 rings (SSSR count). The summed E-state index contributed by atoms with van der Waals surface area (Å²) in [5.74, 6) is 0.728. The summed E-state index contributed by atoms with van der Waals surface area (Å²) in [6.45, 7) is 9.65. The topological polar surface area (TPSA) is 68.7 Å². The normalized spacial score (nSPS) is 18.8. The lowest BCUT2D eigenvalue weighted by Crippen LogP contribution is -2.45. The molecule has 23 heavy (non-hydrogen) atoms. The largest absolute Gasteiger partial charge is 0.388 e. The van der Waals surface area contributed by atoms with Crippen molar-refractivity contribution in [2.45, 2.75) is 26.4 Å². The molecule has 0 spiro atoms. The molecule has 1 unspecified atom stereocenters. The summed E-state index contributed by atoms with van der Waals surface area (Å²) in [6, 6.07) is 3.53. The van der Waals surface area contributed by atoms with E-state index < -0.39 is 5.60 Å². The molecule has 0 aromatic carbocycles. The standard InChI is InChI=1S/C17H28N4O2/c1-13(2)17(3,23)12-19-16(22)14-5-6-18-15(11-14)21-9-7-20(4)8-10-21/h5-6,11,13,23H,7-10,12H2,1-4H3,(H,19,22). The third kappa shape index (κ3) is 4.65. The molecule has 1 fully saturated rings. The SMILES string of the molecule is CC(C)C(C)(O)CNC(=O)c1ccnc(N2CCN(C)CC2)c1. The molecule has 1 atom stereocenters. The van der Waals surface area contributed by atoms with E-state index in [-0.39, 0.29) is 18.4 Å². The Morgan fingerprint density at radius 2 is 2.04 bits per heavy atom. The number of hydrogen-bond donors (Lipinski definition) is 2. The van der Waals surface area contributed by atoms with Gasteiger partial charge in [0.25, 0.3) is 5.91 Å². The van der Waals surface area contributed by atoms with Crippen LogP contribution in [0.25, 0.3) is 0 Å². The molecule has 6 nitrogen and oxygen atoms in total. The van der Waals surface area contributed by atoms with E-state index in [2.05, 4.69) is 27.1 Å². The van der Waals surface area contributed by atoms with Crippen molar-refractivity contribution in [3.05, 3.63) is 23.9 Å². The molecule has 1 amide bonds. The number of nitrogens with zero attached hydrogens (tertiary/aromatic N) is 3. The van der Waals surface area contributed by atoms with Crippen molar-refractivity contribution in [1.82, 2.24) is 15.2 Å². The fraction of sp³-hybridized carbons (Fsp3) is 0.647. The predicted molar refractivity (Wildman–Crippen MR) is 91.7 cm³/mol. The van der Waals surface area contributed by atoms with Gasteiger partial charge < -0.3 is 20.2 Å². The summed E-state index contributed by atoms with van der Waals surface area (Å²) in [4.78, 5) is 21.2. The van der Waals surface area contributed by atoms with Gasteiger partial charge in [-0.05, 0) is 32.0 Å². The molecule has 0 aliphatic carbocycles. The lowest BCUT2D eigenvalue weighted by atomic mass is 9.92. The highest BCUT2D eigenvalue weighted by Crippen LogP contribution is 2.16. The maximum atomic E-state index is 12.3. The maximum absolute atomic E-state index is 12.3. The van der Waals surface area contributed by atoms with Crippen LogP contribution < -0.4 is 10.2 Å². The molecule has 1 aromatic rings. The Bertz CT molecular complexity index is 537. The van der Waals surface area contributed by atoms with Crippen LogP contribution >= 0.6 is 0 Å². The zero-order valence-corrected chi connectivity index (χ0v) is 14.5. The van der Waals surface area contributed by atoms with E-state index in [0.717, 1.165) is 32.0 Å². The van der Waals surface area contributed by atoms with Crippen molar-refractivity contribution in [3.63, 3.8) is 0 Å². The lowest BCUT2D eigenvalue weighted by molar-refractivity contribution is 0.0142. The van der Waals surface area contributed by atoms with Gasteiger partial charge in [-0.25, -0.2) is 4.98 Å². The predicted octanol–water partition coefficient (Wildman–Crippen LogP) is 0.970. The van der Waals surface area contributed by atoms with Gasteiger partial charge in [0.1, 0.15) is 5.82 Å². The highest BCUT2D eigenvalue weighted by atomic mass is 16.3. The maximum Gasteiger partial charge on any atom is 0.251 e. The molecule has 0 bridgehead atoms. The molecule has 0 radical (unpaired) electrons. The first-order valence-electron chi connectivity index (χ1n) is 8.20. The molecule has 128 valence electrons. The van der Waals surface area contributed by atoms with Gasteiger partial charge in [0.2, 0.25) is 0 Å². The minimum Gasteiger partial charge on any atom is -0.388 e. The number of rotatable bonds is 5. The first-order valence-corrected chi connectivity index (χ1v) is 8.20. The second kappa shape index (κ2) is 7.27. The van der Waals surface area contributed by atoms with E-state index in [1.54, 1.807) is 19.2 Å². The Morgan fingerprint density at radius 1 is 1.39 bits per heavy atom. The molecule has 1 saturated heterocycles. The summed E-state index contributed by atoms with van der Waals surface area (Å²) in [6.07, 6.45) is 1.67. The molecule has 1 aromatic heterocycles. The number of aromatic nitrogens is 1. The fourth-order valence-corrected chi connectivity index (χ4v) is 2.33. The van der Waals surface area contributed by atoms with Crippen LogP contribution in [0.15, 0.2) is 18.3 Å². The van der Waals surface area contributed by atoms with Gasteiger partial charge in [-0.3, -0.25) is 4.79 Å². The fourth-order valence-electron chi connectivity index (χ4n) is 2.33. The van der Waals surface area contributed by atoms with Gasteiger partial charge in [0, 0.05) is 44.5 Å². The number of amides is 1. The minimum absolute atomic E-state index is 0.0705. The Balaban J connectivity index is 2.00. The van der Waals surface area contributed by atoms with Crippen molar-refractivity contribution in [2.24, 2.45) is 5.92 Å². The van der Waals surface area contributed by atoms with Crippen molar-refractivity contribution in [1.29, 1.82) is 0 Å². The van der Waals surface area contributed by atoms with Crippen LogP contribution in [0.3, 0.4) is 0 Å². The number of likely N-dealkylation sites (N-methyl/N-ethyl adjacent to an activating group) is 1. The van der Waals surface area contributed by atoms with Gasteiger partial charge in [-0.15, -0.1) is 0 Å². The summed E-state index contributed by atoms with van der Waals surface area (Å²) >= 11 is 0. The van der Waals surface area contributed by atoms with Crippen LogP contribution in [0, 0.1) is 5.92 Å². The highest BCUT2D eigenvalue weighted by Gasteiger charge is 2.25. The van der Waals surface area contributed by atoms with E-state index in [9.17, 15) is 9.90 Å². The molecule has 2 N–H and O–H groups in total. The number of anilines is 1. The van der Waals surface area contributed by atoms with Gasteiger partial charge in [0.15, 0.2) is 0 Å². The molecule has 0 saturated carbocycles. The first kappa shape index (κ1) is 17.7. The first-order chi connectivity index (χ1) is 10.8.